The van der Waals surface area contributed by atoms with Crippen LogP contribution in [0.1, 0.15) is 17.2 Å². The summed E-state index contributed by atoms with van der Waals surface area (Å²) in [7, 11) is 3.83. The van der Waals surface area contributed by atoms with Crippen molar-refractivity contribution < 1.29 is 14.5 Å². The molecule has 0 aliphatic heterocycles. The molecule has 3 aromatic rings. The summed E-state index contributed by atoms with van der Waals surface area (Å²) in [6.45, 7) is 2.97. The molecule has 0 saturated heterocycles. The summed E-state index contributed by atoms with van der Waals surface area (Å²) in [5.41, 5.74) is 2.28. The van der Waals surface area contributed by atoms with Gasteiger partial charge in [0.15, 0.2) is 5.11 Å². The van der Waals surface area contributed by atoms with Gasteiger partial charge in [0, 0.05) is 12.2 Å². The van der Waals surface area contributed by atoms with Crippen LogP contribution in [-0.4, -0.2) is 48.1 Å². The van der Waals surface area contributed by atoms with Gasteiger partial charge in [-0.25, -0.2) is 0 Å². The molecule has 0 bridgehead atoms. The second-order valence-electron chi connectivity index (χ2n) is 8.33. The predicted octanol–water partition coefficient (Wildman–Crippen LogP) is 4.51. The quantitative estimate of drug-likeness (QED) is 0.209. The minimum absolute atomic E-state index is 0.0631. The Labute approximate surface area is 215 Å². The van der Waals surface area contributed by atoms with Crippen molar-refractivity contribution >= 4 is 40.3 Å². The number of thiocarbonyl (C=S) groups is 1. The monoisotopic (exact) mass is 507 g/mol. The number of amides is 1. The highest BCUT2D eigenvalue weighted by Gasteiger charge is 2.23. The molecular formula is C26H29N5O4S. The number of rotatable bonds is 10. The Balaban J connectivity index is 1.77. The number of ether oxygens (including phenoxy) is 1. The fourth-order valence-electron chi connectivity index (χ4n) is 3.36. The smallest absolute Gasteiger partial charge is 0.296 e. The summed E-state index contributed by atoms with van der Waals surface area (Å²) in [5, 5.41) is 20.5. The van der Waals surface area contributed by atoms with E-state index < -0.39 is 11.0 Å². The molecule has 1 atom stereocenters. The van der Waals surface area contributed by atoms with Crippen LogP contribution in [0, 0.1) is 17.0 Å². The van der Waals surface area contributed by atoms with Gasteiger partial charge >= 0.3 is 0 Å². The van der Waals surface area contributed by atoms with Gasteiger partial charge in [0.05, 0.1) is 11.0 Å². The van der Waals surface area contributed by atoms with E-state index in [1.54, 1.807) is 18.2 Å². The Morgan fingerprint density at radius 3 is 2.39 bits per heavy atom. The molecule has 10 heteroatoms. The molecule has 9 nitrogen and oxygen atoms in total. The molecular weight excluding hydrogens is 478 g/mol. The molecule has 3 N–H and O–H groups in total. The molecule has 0 aromatic heterocycles. The summed E-state index contributed by atoms with van der Waals surface area (Å²) < 4.78 is 5.61. The number of aryl methyl sites for hydroxylation is 1. The minimum Gasteiger partial charge on any atom is -0.492 e. The van der Waals surface area contributed by atoms with Gasteiger partial charge in [-0.15, -0.1) is 0 Å². The van der Waals surface area contributed by atoms with Gasteiger partial charge in [0.25, 0.3) is 11.6 Å². The van der Waals surface area contributed by atoms with Gasteiger partial charge in [0.1, 0.15) is 24.1 Å². The van der Waals surface area contributed by atoms with Gasteiger partial charge in [0.2, 0.25) is 0 Å². The van der Waals surface area contributed by atoms with Crippen molar-refractivity contribution in [1.29, 1.82) is 0 Å². The van der Waals surface area contributed by atoms with E-state index in [0.29, 0.717) is 30.2 Å². The number of hydrogen-bond acceptors (Lipinski definition) is 6. The zero-order chi connectivity index (χ0) is 26.1. The van der Waals surface area contributed by atoms with E-state index in [2.05, 4.69) is 16.0 Å². The maximum absolute atomic E-state index is 13.2. The van der Waals surface area contributed by atoms with Gasteiger partial charge < -0.3 is 25.6 Å². The van der Waals surface area contributed by atoms with E-state index in [-0.39, 0.29) is 22.4 Å². The number of nitrogens with one attached hydrogen (secondary N) is 3. The summed E-state index contributed by atoms with van der Waals surface area (Å²) in [5.74, 6) is 0.0616. The highest BCUT2D eigenvalue weighted by atomic mass is 32.1. The highest BCUT2D eigenvalue weighted by Crippen LogP contribution is 2.29. The van der Waals surface area contributed by atoms with Crippen molar-refractivity contribution in [3.05, 3.63) is 94.0 Å². The normalized spacial score (nSPS) is 11.4. The number of para-hydroxylation sites is 1. The Hall–Kier alpha value is -4.02. The van der Waals surface area contributed by atoms with E-state index in [4.69, 9.17) is 17.0 Å². The first-order valence-electron chi connectivity index (χ1n) is 11.3. The molecule has 3 aromatic carbocycles. The fourth-order valence-corrected chi connectivity index (χ4v) is 3.59. The summed E-state index contributed by atoms with van der Waals surface area (Å²) in [4.78, 5) is 26.4. The van der Waals surface area contributed by atoms with E-state index >= 15 is 0 Å². The van der Waals surface area contributed by atoms with Crippen LogP contribution in [0.2, 0.25) is 0 Å². The minimum atomic E-state index is -0.835. The van der Waals surface area contributed by atoms with Gasteiger partial charge in [-0.3, -0.25) is 14.9 Å². The number of nitrogens with zero attached hydrogens (tertiary/aromatic N) is 2. The van der Waals surface area contributed by atoms with Crippen LogP contribution in [0.4, 0.5) is 17.1 Å². The second-order valence-corrected chi connectivity index (χ2v) is 8.74. The van der Waals surface area contributed by atoms with Crippen LogP contribution < -0.4 is 20.7 Å². The number of hydrogen-bond donors (Lipinski definition) is 3. The lowest BCUT2D eigenvalue weighted by atomic mass is 10.1. The molecule has 1 amide bonds. The zero-order valence-electron chi connectivity index (χ0n) is 20.4. The molecule has 0 aliphatic carbocycles. The number of nitro groups is 1. The Bertz CT molecular complexity index is 1220. The Morgan fingerprint density at radius 1 is 1.03 bits per heavy atom. The number of carbonyl (C=O) groups is 1. The topological polar surface area (TPSA) is 109 Å². The maximum Gasteiger partial charge on any atom is 0.296 e. The van der Waals surface area contributed by atoms with Crippen molar-refractivity contribution in [1.82, 2.24) is 10.2 Å². The molecule has 0 fully saturated rings. The molecule has 0 aliphatic rings. The van der Waals surface area contributed by atoms with Crippen LogP contribution in [0.5, 0.6) is 5.75 Å². The van der Waals surface area contributed by atoms with E-state index in [1.807, 2.05) is 68.4 Å². The predicted molar refractivity (Wildman–Crippen MR) is 145 cm³/mol. The lowest BCUT2D eigenvalue weighted by Crippen LogP contribution is -2.39. The van der Waals surface area contributed by atoms with E-state index in [1.165, 1.54) is 12.1 Å². The molecule has 188 valence electrons. The lowest BCUT2D eigenvalue weighted by molar-refractivity contribution is -0.384. The molecule has 0 spiro atoms. The highest BCUT2D eigenvalue weighted by molar-refractivity contribution is 7.80. The molecule has 36 heavy (non-hydrogen) atoms. The first-order valence-corrected chi connectivity index (χ1v) is 11.7. The van der Waals surface area contributed by atoms with Crippen LogP contribution in [0.3, 0.4) is 0 Å². The molecule has 0 heterocycles. The van der Waals surface area contributed by atoms with Crippen molar-refractivity contribution in [2.24, 2.45) is 0 Å². The number of carbonyl (C=O) groups excluding carboxylic acids is 1. The van der Waals surface area contributed by atoms with Gasteiger partial charge in [-0.05, 0) is 62.6 Å². The Kier molecular flexibility index (Phi) is 9.32. The zero-order valence-corrected chi connectivity index (χ0v) is 21.2. The Morgan fingerprint density at radius 2 is 1.72 bits per heavy atom. The largest absolute Gasteiger partial charge is 0.492 e. The van der Waals surface area contributed by atoms with Crippen molar-refractivity contribution in [2.75, 3.05) is 37.9 Å². The standard InChI is InChI=1S/C26H29N5O4S/c1-18-9-7-8-12-21(18)27-25(32)24(19-10-5-4-6-11-19)29-26(36)28-22-14-13-20(17-23(22)31(33)34)35-16-15-30(2)3/h4-14,17,24H,15-16H2,1-3H3,(H,27,32)(H2,28,29,36). The molecule has 0 radical (unpaired) electrons. The van der Waals surface area contributed by atoms with Crippen LogP contribution in [0.15, 0.2) is 72.8 Å². The number of likely N-dealkylation sites (N-methyl/N-ethyl adjacent to an activating group) is 1. The van der Waals surface area contributed by atoms with E-state index in [9.17, 15) is 14.9 Å². The lowest BCUT2D eigenvalue weighted by Gasteiger charge is -2.21. The van der Waals surface area contributed by atoms with Crippen LogP contribution >= 0.6 is 12.2 Å². The van der Waals surface area contributed by atoms with Crippen LogP contribution in [-0.2, 0) is 4.79 Å². The van der Waals surface area contributed by atoms with Crippen LogP contribution in [0.25, 0.3) is 0 Å². The molecule has 1 unspecified atom stereocenters. The second kappa shape index (κ2) is 12.6. The number of benzene rings is 3. The third-order valence-electron chi connectivity index (χ3n) is 5.29. The summed E-state index contributed by atoms with van der Waals surface area (Å²) >= 11 is 5.44. The van der Waals surface area contributed by atoms with Crippen molar-refractivity contribution in [2.45, 2.75) is 13.0 Å². The summed E-state index contributed by atoms with van der Waals surface area (Å²) in [6, 6.07) is 20.2. The average molecular weight is 508 g/mol. The third kappa shape index (κ3) is 7.49. The molecule has 3 rings (SSSR count). The first kappa shape index (κ1) is 26.6. The molecule has 0 saturated carbocycles. The average Bonchev–Trinajstić information content (AvgIpc) is 2.85. The van der Waals surface area contributed by atoms with Crippen molar-refractivity contribution in [3.8, 4) is 5.75 Å². The number of anilines is 2. The van der Waals surface area contributed by atoms with Gasteiger partial charge in [-0.2, -0.15) is 0 Å². The first-order chi connectivity index (χ1) is 17.2. The summed E-state index contributed by atoms with van der Waals surface area (Å²) in [6.07, 6.45) is 0. The van der Waals surface area contributed by atoms with Gasteiger partial charge in [-0.1, -0.05) is 48.5 Å². The SMILES string of the molecule is Cc1ccccc1NC(=O)C(NC(=S)Nc1ccc(OCCN(C)C)cc1[N+](=O)[O-])c1ccccc1. The maximum atomic E-state index is 13.2. The fraction of sp³-hybridized carbons (Fsp3) is 0.231. The third-order valence-corrected chi connectivity index (χ3v) is 5.51. The number of nitro benzene ring substituents is 1. The van der Waals surface area contributed by atoms with E-state index in [0.717, 1.165) is 5.56 Å². The van der Waals surface area contributed by atoms with Crippen molar-refractivity contribution in [3.63, 3.8) is 0 Å².